The first-order valence-electron chi connectivity index (χ1n) is 10.3. The van der Waals surface area contributed by atoms with Gasteiger partial charge in [-0.25, -0.2) is 4.79 Å². The number of furan rings is 1. The number of carbonyl (C=O) groups excluding carboxylic acids is 2. The number of aromatic nitrogens is 1. The van der Waals surface area contributed by atoms with Gasteiger partial charge in [0.2, 0.25) is 0 Å². The zero-order valence-corrected chi connectivity index (χ0v) is 17.9. The fraction of sp³-hybridized carbons (Fsp3) is 0.292. The Bertz CT molecular complexity index is 1090. The average molecular weight is 436 g/mol. The first kappa shape index (κ1) is 21.6. The number of pyridine rings is 1. The molecule has 0 aliphatic carbocycles. The molecule has 8 nitrogen and oxygen atoms in total. The minimum atomic E-state index is -0.487. The third-order valence-electron chi connectivity index (χ3n) is 5.20. The van der Waals surface area contributed by atoms with Gasteiger partial charge in [-0.2, -0.15) is 0 Å². The summed E-state index contributed by atoms with van der Waals surface area (Å²) >= 11 is 0. The van der Waals surface area contributed by atoms with Crippen molar-refractivity contribution in [1.82, 2.24) is 9.88 Å². The highest BCUT2D eigenvalue weighted by Gasteiger charge is 2.28. The van der Waals surface area contributed by atoms with Crippen LogP contribution in [0.4, 0.5) is 0 Å². The zero-order chi connectivity index (χ0) is 22.5. The summed E-state index contributed by atoms with van der Waals surface area (Å²) in [7, 11) is 1.31. The van der Waals surface area contributed by atoms with Crippen molar-refractivity contribution in [1.29, 1.82) is 0 Å². The van der Waals surface area contributed by atoms with Gasteiger partial charge in [0.15, 0.2) is 0 Å². The lowest BCUT2D eigenvalue weighted by Gasteiger charge is -2.32. The molecule has 32 heavy (non-hydrogen) atoms. The van der Waals surface area contributed by atoms with Gasteiger partial charge in [0.1, 0.15) is 30.0 Å². The average Bonchev–Trinajstić information content (AvgIpc) is 3.24. The topological polar surface area (TPSA) is 91.1 Å². The summed E-state index contributed by atoms with van der Waals surface area (Å²) < 4.78 is 22.0. The largest absolute Gasteiger partial charge is 0.489 e. The Morgan fingerprint density at radius 2 is 2.00 bits per heavy atom. The SMILES string of the molecule is COC(=O)c1cncc(OCC2CN(C(=O)c3cc(-c4ccccc4)oc3C)CCO2)c1. The predicted octanol–water partition coefficient (Wildman–Crippen LogP) is 3.36. The molecule has 1 atom stereocenters. The Balaban J connectivity index is 1.39. The number of esters is 1. The van der Waals surface area contributed by atoms with E-state index in [-0.39, 0.29) is 18.6 Å². The lowest BCUT2D eigenvalue weighted by molar-refractivity contribution is -0.0402. The van der Waals surface area contributed by atoms with E-state index in [9.17, 15) is 9.59 Å². The van der Waals surface area contributed by atoms with Crippen molar-refractivity contribution >= 4 is 11.9 Å². The predicted molar refractivity (Wildman–Crippen MR) is 116 cm³/mol. The molecule has 0 radical (unpaired) electrons. The number of aryl methyl sites for hydroxylation is 1. The molecule has 1 unspecified atom stereocenters. The van der Waals surface area contributed by atoms with Crippen LogP contribution >= 0.6 is 0 Å². The number of carbonyl (C=O) groups is 2. The van der Waals surface area contributed by atoms with Gasteiger partial charge < -0.3 is 23.5 Å². The van der Waals surface area contributed by atoms with Crippen LogP contribution in [0.3, 0.4) is 0 Å². The minimum Gasteiger partial charge on any atom is -0.489 e. The van der Waals surface area contributed by atoms with Gasteiger partial charge in [-0.15, -0.1) is 0 Å². The van der Waals surface area contributed by atoms with Crippen molar-refractivity contribution in [3.63, 3.8) is 0 Å². The summed E-state index contributed by atoms with van der Waals surface area (Å²) in [6, 6.07) is 13.0. The van der Waals surface area contributed by atoms with Crippen molar-refractivity contribution in [3.8, 4) is 17.1 Å². The summed E-state index contributed by atoms with van der Waals surface area (Å²) in [4.78, 5) is 30.5. The van der Waals surface area contributed by atoms with Crippen molar-refractivity contribution < 1.29 is 28.2 Å². The van der Waals surface area contributed by atoms with Gasteiger partial charge in [0.25, 0.3) is 5.91 Å². The maximum Gasteiger partial charge on any atom is 0.339 e. The molecule has 2 aromatic heterocycles. The second kappa shape index (κ2) is 9.65. The summed E-state index contributed by atoms with van der Waals surface area (Å²) in [5.74, 6) is 1.09. The van der Waals surface area contributed by atoms with E-state index in [4.69, 9.17) is 18.6 Å². The zero-order valence-electron chi connectivity index (χ0n) is 17.9. The molecule has 166 valence electrons. The van der Waals surface area contributed by atoms with Gasteiger partial charge in [0.05, 0.1) is 37.6 Å². The molecule has 1 amide bonds. The number of amides is 1. The molecule has 3 aromatic rings. The molecule has 1 saturated heterocycles. The quantitative estimate of drug-likeness (QED) is 0.547. The Labute approximate surface area is 185 Å². The minimum absolute atomic E-state index is 0.101. The summed E-state index contributed by atoms with van der Waals surface area (Å²) in [5.41, 5.74) is 1.77. The molecule has 1 aliphatic heterocycles. The third-order valence-corrected chi connectivity index (χ3v) is 5.20. The molecule has 1 fully saturated rings. The van der Waals surface area contributed by atoms with Gasteiger partial charge in [-0.1, -0.05) is 30.3 Å². The number of hydrogen-bond donors (Lipinski definition) is 0. The van der Waals surface area contributed by atoms with E-state index in [2.05, 4.69) is 4.98 Å². The second-order valence-corrected chi connectivity index (χ2v) is 7.40. The standard InChI is InChI=1S/C24H24N2O6/c1-16-21(11-22(32-16)17-6-4-3-5-7-17)23(27)26-8-9-30-20(14-26)15-31-19-10-18(12-25-13-19)24(28)29-2/h3-7,10-13,20H,8-9,14-15H2,1-2H3. The molecular formula is C24H24N2O6. The summed E-state index contributed by atoms with van der Waals surface area (Å²) in [6.07, 6.45) is 2.61. The van der Waals surface area contributed by atoms with Crippen molar-refractivity contribution in [2.45, 2.75) is 13.0 Å². The molecule has 8 heteroatoms. The fourth-order valence-corrected chi connectivity index (χ4v) is 3.53. The monoisotopic (exact) mass is 436 g/mol. The molecule has 0 bridgehead atoms. The molecule has 0 saturated carbocycles. The molecule has 1 aliphatic rings. The first-order valence-corrected chi connectivity index (χ1v) is 10.3. The summed E-state index contributed by atoms with van der Waals surface area (Å²) in [5, 5.41) is 0. The van der Waals surface area contributed by atoms with Crippen LogP contribution in [0.1, 0.15) is 26.5 Å². The van der Waals surface area contributed by atoms with Crippen molar-refractivity contribution in [3.05, 3.63) is 71.7 Å². The van der Waals surface area contributed by atoms with Crippen LogP contribution in [-0.2, 0) is 9.47 Å². The molecular weight excluding hydrogens is 412 g/mol. The number of methoxy groups -OCH3 is 1. The highest BCUT2D eigenvalue weighted by Crippen LogP contribution is 2.26. The van der Waals surface area contributed by atoms with Crippen LogP contribution in [-0.4, -0.2) is 61.3 Å². The van der Waals surface area contributed by atoms with E-state index in [1.165, 1.54) is 19.5 Å². The third kappa shape index (κ3) is 4.81. The Morgan fingerprint density at radius 1 is 1.19 bits per heavy atom. The Hall–Kier alpha value is -3.65. The van der Waals surface area contributed by atoms with Gasteiger partial charge in [-0.3, -0.25) is 9.78 Å². The Morgan fingerprint density at radius 3 is 2.78 bits per heavy atom. The van der Waals surface area contributed by atoms with Crippen molar-refractivity contribution in [2.24, 2.45) is 0 Å². The smallest absolute Gasteiger partial charge is 0.339 e. The molecule has 1 aromatic carbocycles. The second-order valence-electron chi connectivity index (χ2n) is 7.40. The van der Waals surface area contributed by atoms with Crippen LogP contribution < -0.4 is 4.74 Å². The molecule has 3 heterocycles. The maximum atomic E-state index is 13.1. The highest BCUT2D eigenvalue weighted by molar-refractivity contribution is 5.96. The lowest BCUT2D eigenvalue weighted by atomic mass is 10.1. The highest BCUT2D eigenvalue weighted by atomic mass is 16.5. The van der Waals surface area contributed by atoms with Crippen LogP contribution in [0, 0.1) is 6.92 Å². The summed E-state index contributed by atoms with van der Waals surface area (Å²) in [6.45, 7) is 3.29. The van der Waals surface area contributed by atoms with E-state index in [1.807, 2.05) is 30.3 Å². The van der Waals surface area contributed by atoms with E-state index in [0.29, 0.717) is 48.1 Å². The van der Waals surface area contributed by atoms with Crippen molar-refractivity contribution in [2.75, 3.05) is 33.4 Å². The van der Waals surface area contributed by atoms with Crippen LogP contribution in [0.15, 0.2) is 59.3 Å². The van der Waals surface area contributed by atoms with E-state index in [1.54, 1.807) is 24.0 Å². The van der Waals surface area contributed by atoms with E-state index < -0.39 is 5.97 Å². The number of nitrogens with zero attached hydrogens (tertiary/aromatic N) is 2. The maximum absolute atomic E-state index is 13.1. The molecule has 4 rings (SSSR count). The molecule has 0 spiro atoms. The number of ether oxygens (including phenoxy) is 3. The van der Waals surface area contributed by atoms with Crippen LogP contribution in [0.2, 0.25) is 0 Å². The normalized spacial score (nSPS) is 15.9. The number of hydrogen-bond acceptors (Lipinski definition) is 7. The van der Waals surface area contributed by atoms with E-state index >= 15 is 0 Å². The van der Waals surface area contributed by atoms with E-state index in [0.717, 1.165) is 5.56 Å². The Kier molecular flexibility index (Phi) is 6.51. The fourth-order valence-electron chi connectivity index (χ4n) is 3.53. The lowest BCUT2D eigenvalue weighted by Crippen LogP contribution is -2.47. The van der Waals surface area contributed by atoms with Crippen LogP contribution in [0.25, 0.3) is 11.3 Å². The number of rotatable bonds is 6. The first-order chi connectivity index (χ1) is 15.5. The van der Waals surface area contributed by atoms with Gasteiger partial charge in [0, 0.05) is 18.3 Å². The van der Waals surface area contributed by atoms with Crippen LogP contribution in [0.5, 0.6) is 5.75 Å². The number of morpholine rings is 1. The number of benzene rings is 1. The van der Waals surface area contributed by atoms with Gasteiger partial charge in [-0.05, 0) is 19.1 Å². The van der Waals surface area contributed by atoms with Gasteiger partial charge >= 0.3 is 5.97 Å². The molecule has 0 N–H and O–H groups in total.